The van der Waals surface area contributed by atoms with E-state index in [-0.39, 0.29) is 24.5 Å². The smallest absolute Gasteiger partial charge is 0.418 e. The summed E-state index contributed by atoms with van der Waals surface area (Å²) in [5.41, 5.74) is 2.61. The number of ether oxygens (including phenoxy) is 1. The van der Waals surface area contributed by atoms with Crippen molar-refractivity contribution >= 4 is 29.6 Å². The molecule has 1 saturated carbocycles. The van der Waals surface area contributed by atoms with Crippen LogP contribution in [0.3, 0.4) is 0 Å². The summed E-state index contributed by atoms with van der Waals surface area (Å²) in [4.78, 5) is 59.2. The summed E-state index contributed by atoms with van der Waals surface area (Å²) in [6, 6.07) is 8.77. The Balaban J connectivity index is 1.23. The summed E-state index contributed by atoms with van der Waals surface area (Å²) < 4.78 is 5.72. The van der Waals surface area contributed by atoms with Crippen molar-refractivity contribution in [1.82, 2.24) is 20.1 Å². The van der Waals surface area contributed by atoms with E-state index in [1.807, 2.05) is 17.0 Å². The molecule has 1 aromatic heterocycles. The van der Waals surface area contributed by atoms with Crippen LogP contribution in [-0.4, -0.2) is 58.4 Å². The van der Waals surface area contributed by atoms with Crippen LogP contribution in [-0.2, 0) is 39.3 Å². The minimum atomic E-state index is -1.43. The third kappa shape index (κ3) is 4.00. The number of fused-ring (bicyclic) bond motifs is 3. The van der Waals surface area contributed by atoms with Gasteiger partial charge in [-0.25, -0.2) is 14.5 Å². The largest absolute Gasteiger partial charge is 0.427 e. The van der Waals surface area contributed by atoms with E-state index in [1.54, 1.807) is 24.4 Å². The average molecular weight is 504 g/mol. The Labute approximate surface area is 214 Å². The van der Waals surface area contributed by atoms with Gasteiger partial charge in [0, 0.05) is 49.2 Å². The van der Waals surface area contributed by atoms with Crippen molar-refractivity contribution in [2.75, 3.05) is 18.9 Å². The molecule has 2 N–H and O–H groups in total. The van der Waals surface area contributed by atoms with Crippen molar-refractivity contribution in [2.45, 2.75) is 56.7 Å². The van der Waals surface area contributed by atoms with Crippen LogP contribution in [0.5, 0.6) is 0 Å². The molecule has 0 radical (unpaired) electrons. The summed E-state index contributed by atoms with van der Waals surface area (Å²) in [5.74, 6) is -0.305. The highest BCUT2D eigenvalue weighted by Crippen LogP contribution is 2.46. The standard InChI is InChI=1S/C27H29N5O5/c1-28-25(35)30-19-6-7-20-17(13-19)10-11-27(20)24(34)32(26(36)37-27)15-23(33)31-14-18-3-2-12-29-21(18)8-9-22(31)16-4-5-16/h2-3,6-7,12-13,16,22H,4-5,8-11,14-15H2,1H3,(H2,28,30,35)/t22?,27-/m1/s1. The van der Waals surface area contributed by atoms with Crippen molar-refractivity contribution < 1.29 is 23.9 Å². The topological polar surface area (TPSA) is 121 Å². The zero-order chi connectivity index (χ0) is 25.7. The first-order valence-electron chi connectivity index (χ1n) is 12.8. The van der Waals surface area contributed by atoms with Gasteiger partial charge in [0.2, 0.25) is 11.5 Å². The second kappa shape index (κ2) is 8.86. The van der Waals surface area contributed by atoms with Crippen LogP contribution in [0.15, 0.2) is 36.5 Å². The lowest BCUT2D eigenvalue weighted by atomic mass is 9.94. The first-order chi connectivity index (χ1) is 17.9. The van der Waals surface area contributed by atoms with Crippen molar-refractivity contribution in [2.24, 2.45) is 5.92 Å². The molecule has 4 aliphatic rings. The Morgan fingerprint density at radius 3 is 2.76 bits per heavy atom. The Hall–Kier alpha value is -3.95. The molecule has 2 fully saturated rings. The molecule has 1 aromatic carbocycles. The van der Waals surface area contributed by atoms with Gasteiger partial charge >= 0.3 is 12.1 Å². The molecule has 2 atom stereocenters. The molecule has 37 heavy (non-hydrogen) atoms. The van der Waals surface area contributed by atoms with E-state index in [0.29, 0.717) is 36.6 Å². The molecule has 5 amide bonds. The number of amides is 5. The number of hydrogen-bond donors (Lipinski definition) is 2. The van der Waals surface area contributed by atoms with Gasteiger partial charge in [-0.2, -0.15) is 0 Å². The number of aromatic nitrogens is 1. The number of nitrogens with zero attached hydrogens (tertiary/aromatic N) is 3. The molecule has 0 bridgehead atoms. The molecule has 1 spiro atoms. The number of pyridine rings is 1. The van der Waals surface area contributed by atoms with Crippen molar-refractivity contribution in [3.05, 3.63) is 58.9 Å². The average Bonchev–Trinajstić information content (AvgIpc) is 3.66. The predicted molar refractivity (Wildman–Crippen MR) is 132 cm³/mol. The van der Waals surface area contributed by atoms with Crippen LogP contribution in [0.4, 0.5) is 15.3 Å². The summed E-state index contributed by atoms with van der Waals surface area (Å²) >= 11 is 0. The normalized spacial score (nSPS) is 24.4. The molecular weight excluding hydrogens is 474 g/mol. The second-order valence-corrected chi connectivity index (χ2v) is 10.2. The Bertz CT molecular complexity index is 1310. The maximum Gasteiger partial charge on any atom is 0.418 e. The lowest BCUT2D eigenvalue weighted by Gasteiger charge is -2.31. The third-order valence-electron chi connectivity index (χ3n) is 8.03. The van der Waals surface area contributed by atoms with E-state index in [4.69, 9.17) is 4.74 Å². The monoisotopic (exact) mass is 503 g/mol. The zero-order valence-corrected chi connectivity index (χ0v) is 20.7. The van der Waals surface area contributed by atoms with E-state index in [1.165, 1.54) is 7.05 Å². The van der Waals surface area contributed by atoms with Gasteiger partial charge in [-0.15, -0.1) is 0 Å². The van der Waals surface area contributed by atoms with Gasteiger partial charge in [-0.05, 0) is 67.3 Å². The molecule has 2 aromatic rings. The van der Waals surface area contributed by atoms with Crippen LogP contribution < -0.4 is 10.6 Å². The number of imide groups is 1. The molecule has 192 valence electrons. The van der Waals surface area contributed by atoms with Crippen LogP contribution in [0, 0.1) is 5.92 Å². The van der Waals surface area contributed by atoms with Crippen molar-refractivity contribution in [1.29, 1.82) is 0 Å². The highest BCUT2D eigenvalue weighted by atomic mass is 16.6. The minimum absolute atomic E-state index is 0.0721. The van der Waals surface area contributed by atoms with Crippen molar-refractivity contribution in [3.63, 3.8) is 0 Å². The molecule has 2 aliphatic carbocycles. The van der Waals surface area contributed by atoms with Gasteiger partial charge < -0.3 is 20.3 Å². The molecule has 3 heterocycles. The first kappa shape index (κ1) is 23.4. The molecule has 6 rings (SSSR count). The number of anilines is 1. The maximum atomic E-state index is 13.6. The molecule has 10 heteroatoms. The van der Waals surface area contributed by atoms with Crippen LogP contribution in [0.25, 0.3) is 0 Å². The maximum absolute atomic E-state index is 13.6. The van der Waals surface area contributed by atoms with E-state index in [2.05, 4.69) is 15.6 Å². The number of hydrogen-bond acceptors (Lipinski definition) is 6. The number of urea groups is 1. The van der Waals surface area contributed by atoms with Crippen molar-refractivity contribution in [3.8, 4) is 0 Å². The Morgan fingerprint density at radius 1 is 1.14 bits per heavy atom. The summed E-state index contributed by atoms with van der Waals surface area (Å²) in [7, 11) is 1.53. The highest BCUT2D eigenvalue weighted by molar-refractivity contribution is 6.06. The van der Waals surface area contributed by atoms with E-state index < -0.39 is 17.6 Å². The number of benzene rings is 1. The summed E-state index contributed by atoms with van der Waals surface area (Å²) in [6.45, 7) is 0.0826. The lowest BCUT2D eigenvalue weighted by Crippen LogP contribution is -2.48. The fraction of sp³-hybridized carbons (Fsp3) is 0.444. The molecular formula is C27H29N5O5. The predicted octanol–water partition coefficient (Wildman–Crippen LogP) is 2.71. The van der Waals surface area contributed by atoms with Crippen LogP contribution in [0.2, 0.25) is 0 Å². The molecule has 10 nitrogen and oxygen atoms in total. The van der Waals surface area contributed by atoms with Gasteiger partial charge in [-0.3, -0.25) is 14.6 Å². The molecule has 2 aliphatic heterocycles. The molecule has 1 unspecified atom stereocenters. The van der Waals surface area contributed by atoms with Crippen LogP contribution >= 0.6 is 0 Å². The highest BCUT2D eigenvalue weighted by Gasteiger charge is 2.58. The van der Waals surface area contributed by atoms with Gasteiger partial charge in [0.25, 0.3) is 5.91 Å². The minimum Gasteiger partial charge on any atom is -0.427 e. The molecule has 1 saturated heterocycles. The number of rotatable bonds is 4. The number of carbonyl (C=O) groups excluding carboxylic acids is 4. The summed E-state index contributed by atoms with van der Waals surface area (Å²) in [5, 5.41) is 5.21. The number of carbonyl (C=O) groups is 4. The van der Waals surface area contributed by atoms with Gasteiger partial charge in [0.05, 0.1) is 0 Å². The van der Waals surface area contributed by atoms with Gasteiger partial charge in [0.15, 0.2) is 0 Å². The summed E-state index contributed by atoms with van der Waals surface area (Å²) in [6.07, 6.45) is 5.59. The first-order valence-corrected chi connectivity index (χ1v) is 12.8. The fourth-order valence-electron chi connectivity index (χ4n) is 5.98. The number of aryl methyl sites for hydroxylation is 2. The SMILES string of the molecule is CNC(=O)Nc1ccc2c(c1)CC[C@@]21OC(=O)N(CC(=O)N2Cc3cccnc3CCC2C2CC2)C1=O. The third-order valence-corrected chi connectivity index (χ3v) is 8.03. The number of nitrogens with one attached hydrogen (secondary N) is 2. The van der Waals surface area contributed by atoms with E-state index >= 15 is 0 Å². The lowest BCUT2D eigenvalue weighted by molar-refractivity contribution is -0.143. The van der Waals surface area contributed by atoms with E-state index in [0.717, 1.165) is 47.4 Å². The fourth-order valence-corrected chi connectivity index (χ4v) is 5.98. The van der Waals surface area contributed by atoms with Gasteiger partial charge in [-0.1, -0.05) is 12.1 Å². The van der Waals surface area contributed by atoms with Crippen LogP contribution in [0.1, 0.15) is 48.1 Å². The quantitative estimate of drug-likeness (QED) is 0.662. The van der Waals surface area contributed by atoms with Gasteiger partial charge in [0.1, 0.15) is 6.54 Å². The van der Waals surface area contributed by atoms with E-state index in [9.17, 15) is 19.2 Å². The second-order valence-electron chi connectivity index (χ2n) is 10.2. The Kier molecular flexibility index (Phi) is 5.62. The zero-order valence-electron chi connectivity index (χ0n) is 20.7. The Morgan fingerprint density at radius 2 is 1.97 bits per heavy atom.